The molecule has 0 aliphatic carbocycles. The average molecular weight is 384 g/mol. The minimum Gasteiger partial charge on any atom is -0.497 e. The van der Waals surface area contributed by atoms with E-state index in [0.29, 0.717) is 39.4 Å². The molecule has 28 heavy (non-hydrogen) atoms. The van der Waals surface area contributed by atoms with Crippen LogP contribution in [0.5, 0.6) is 17.2 Å². The van der Waals surface area contributed by atoms with Crippen molar-refractivity contribution in [2.75, 3.05) is 33.8 Å². The van der Waals surface area contributed by atoms with Crippen LogP contribution in [-0.2, 0) is 4.74 Å². The van der Waals surface area contributed by atoms with Gasteiger partial charge in [-0.1, -0.05) is 0 Å². The van der Waals surface area contributed by atoms with Gasteiger partial charge in [0.2, 0.25) is 0 Å². The zero-order valence-electron chi connectivity index (χ0n) is 15.9. The van der Waals surface area contributed by atoms with E-state index in [2.05, 4.69) is 10.3 Å². The van der Waals surface area contributed by atoms with Crippen LogP contribution in [0, 0.1) is 0 Å². The molecule has 1 aromatic heterocycles. The molecule has 0 aliphatic rings. The van der Waals surface area contributed by atoms with Crippen molar-refractivity contribution in [1.82, 2.24) is 4.98 Å². The minimum absolute atomic E-state index is 0.138. The SMILES string of the molecule is COC(=O)c1[nH]c2cc(OC)ccc2c1NC(=O)c1ccc(OC)c(OC)c1. The molecule has 3 aromatic rings. The lowest BCUT2D eigenvalue weighted by Gasteiger charge is -2.10. The van der Waals surface area contributed by atoms with E-state index in [1.807, 2.05) is 0 Å². The van der Waals surface area contributed by atoms with Gasteiger partial charge in [-0.2, -0.15) is 0 Å². The Labute approximate surface area is 161 Å². The first-order valence-corrected chi connectivity index (χ1v) is 8.33. The molecule has 0 radical (unpaired) electrons. The average Bonchev–Trinajstić information content (AvgIpc) is 3.09. The van der Waals surface area contributed by atoms with Crippen molar-refractivity contribution in [3.63, 3.8) is 0 Å². The maximum absolute atomic E-state index is 12.8. The highest BCUT2D eigenvalue weighted by atomic mass is 16.5. The van der Waals surface area contributed by atoms with Gasteiger partial charge in [-0.05, 0) is 30.3 Å². The van der Waals surface area contributed by atoms with Gasteiger partial charge in [0, 0.05) is 17.0 Å². The summed E-state index contributed by atoms with van der Waals surface area (Å²) in [5.41, 5.74) is 1.43. The number of anilines is 1. The fourth-order valence-electron chi connectivity index (χ4n) is 2.85. The van der Waals surface area contributed by atoms with Crippen LogP contribution in [0.1, 0.15) is 20.8 Å². The third-order valence-corrected chi connectivity index (χ3v) is 4.28. The molecule has 146 valence electrons. The smallest absolute Gasteiger partial charge is 0.356 e. The Balaban J connectivity index is 2.03. The maximum Gasteiger partial charge on any atom is 0.356 e. The number of methoxy groups -OCH3 is 4. The molecule has 8 heteroatoms. The molecule has 0 fully saturated rings. The second-order valence-corrected chi connectivity index (χ2v) is 5.80. The van der Waals surface area contributed by atoms with E-state index >= 15 is 0 Å². The molecule has 0 saturated heterocycles. The van der Waals surface area contributed by atoms with Crippen molar-refractivity contribution in [3.8, 4) is 17.2 Å². The summed E-state index contributed by atoms with van der Waals surface area (Å²) in [5, 5.41) is 3.43. The van der Waals surface area contributed by atoms with Gasteiger partial charge in [-0.15, -0.1) is 0 Å². The number of aromatic nitrogens is 1. The van der Waals surface area contributed by atoms with Crippen LogP contribution in [-0.4, -0.2) is 45.3 Å². The molecule has 1 heterocycles. The lowest BCUT2D eigenvalue weighted by molar-refractivity contribution is 0.0596. The van der Waals surface area contributed by atoms with Crippen molar-refractivity contribution in [1.29, 1.82) is 0 Å². The quantitative estimate of drug-likeness (QED) is 0.633. The number of rotatable bonds is 6. The third-order valence-electron chi connectivity index (χ3n) is 4.28. The Bertz CT molecular complexity index is 1040. The Morgan fingerprint density at radius 1 is 0.893 bits per heavy atom. The van der Waals surface area contributed by atoms with Crippen LogP contribution in [0.3, 0.4) is 0 Å². The normalized spacial score (nSPS) is 10.4. The molecule has 0 aliphatic heterocycles. The minimum atomic E-state index is -0.599. The van der Waals surface area contributed by atoms with Gasteiger partial charge in [-0.3, -0.25) is 4.79 Å². The van der Waals surface area contributed by atoms with Crippen LogP contribution in [0.2, 0.25) is 0 Å². The van der Waals surface area contributed by atoms with Gasteiger partial charge in [0.1, 0.15) is 11.4 Å². The molecule has 0 spiro atoms. The van der Waals surface area contributed by atoms with E-state index < -0.39 is 11.9 Å². The first-order valence-electron chi connectivity index (χ1n) is 8.33. The summed E-state index contributed by atoms with van der Waals surface area (Å²) >= 11 is 0. The number of hydrogen-bond acceptors (Lipinski definition) is 6. The monoisotopic (exact) mass is 384 g/mol. The van der Waals surface area contributed by atoms with Crippen molar-refractivity contribution in [3.05, 3.63) is 47.7 Å². The van der Waals surface area contributed by atoms with Crippen LogP contribution >= 0.6 is 0 Å². The van der Waals surface area contributed by atoms with E-state index in [1.165, 1.54) is 21.3 Å². The van der Waals surface area contributed by atoms with Gasteiger partial charge in [-0.25, -0.2) is 4.79 Å². The van der Waals surface area contributed by atoms with E-state index in [4.69, 9.17) is 18.9 Å². The Morgan fingerprint density at radius 3 is 2.29 bits per heavy atom. The van der Waals surface area contributed by atoms with Gasteiger partial charge >= 0.3 is 5.97 Å². The summed E-state index contributed by atoms with van der Waals surface area (Å²) in [5.74, 6) is 0.532. The number of ether oxygens (including phenoxy) is 4. The van der Waals surface area contributed by atoms with E-state index in [9.17, 15) is 9.59 Å². The largest absolute Gasteiger partial charge is 0.497 e. The highest BCUT2D eigenvalue weighted by Gasteiger charge is 2.21. The van der Waals surface area contributed by atoms with E-state index in [1.54, 1.807) is 43.5 Å². The predicted octanol–water partition coefficient (Wildman–Crippen LogP) is 3.23. The van der Waals surface area contributed by atoms with Crippen LogP contribution in [0.4, 0.5) is 5.69 Å². The standard InChI is InChI=1S/C20H20N2O6/c1-25-12-6-7-13-14(10-12)21-18(20(24)28-4)17(13)22-19(23)11-5-8-15(26-2)16(9-11)27-3/h5-10,21H,1-4H3,(H,22,23). The summed E-state index contributed by atoms with van der Waals surface area (Å²) < 4.78 is 20.5. The zero-order valence-corrected chi connectivity index (χ0v) is 15.9. The molecule has 2 aromatic carbocycles. The second kappa shape index (κ2) is 7.91. The first-order chi connectivity index (χ1) is 13.5. The van der Waals surface area contributed by atoms with Crippen molar-refractivity contribution < 1.29 is 28.5 Å². The van der Waals surface area contributed by atoms with Crippen LogP contribution in [0.15, 0.2) is 36.4 Å². The molecule has 1 amide bonds. The maximum atomic E-state index is 12.8. The number of benzene rings is 2. The lowest BCUT2D eigenvalue weighted by atomic mass is 10.1. The number of amides is 1. The molecule has 0 bridgehead atoms. The first kappa shape index (κ1) is 19.1. The fourth-order valence-corrected chi connectivity index (χ4v) is 2.85. The number of carbonyl (C=O) groups excluding carboxylic acids is 2. The molecule has 0 saturated carbocycles. The van der Waals surface area contributed by atoms with Crippen LogP contribution in [0.25, 0.3) is 10.9 Å². The van der Waals surface area contributed by atoms with Gasteiger partial charge < -0.3 is 29.2 Å². The fraction of sp³-hybridized carbons (Fsp3) is 0.200. The van der Waals surface area contributed by atoms with E-state index in [0.717, 1.165) is 0 Å². The molecular weight excluding hydrogens is 364 g/mol. The van der Waals surface area contributed by atoms with Gasteiger partial charge in [0.05, 0.1) is 39.6 Å². The van der Waals surface area contributed by atoms with Crippen LogP contribution < -0.4 is 19.5 Å². The summed E-state index contributed by atoms with van der Waals surface area (Å²) in [6.07, 6.45) is 0. The number of esters is 1. The highest BCUT2D eigenvalue weighted by Crippen LogP contribution is 2.32. The summed E-state index contributed by atoms with van der Waals surface area (Å²) in [7, 11) is 5.82. The number of nitrogens with one attached hydrogen (secondary N) is 2. The number of H-pyrrole nitrogens is 1. The lowest BCUT2D eigenvalue weighted by Crippen LogP contribution is -2.15. The summed E-state index contributed by atoms with van der Waals surface area (Å²) in [4.78, 5) is 28.0. The summed E-state index contributed by atoms with van der Waals surface area (Å²) in [6, 6.07) is 10.0. The highest BCUT2D eigenvalue weighted by molar-refractivity contribution is 6.14. The number of aromatic amines is 1. The molecule has 0 unspecified atom stereocenters. The molecule has 0 atom stereocenters. The van der Waals surface area contributed by atoms with Crippen molar-refractivity contribution >= 4 is 28.5 Å². The number of hydrogen-bond donors (Lipinski definition) is 2. The zero-order chi connectivity index (χ0) is 20.3. The Morgan fingerprint density at radius 2 is 1.64 bits per heavy atom. The molecule has 8 nitrogen and oxygen atoms in total. The van der Waals surface area contributed by atoms with Gasteiger partial charge in [0.15, 0.2) is 11.5 Å². The number of carbonyl (C=O) groups is 2. The van der Waals surface area contributed by atoms with Crippen molar-refractivity contribution in [2.24, 2.45) is 0 Å². The number of fused-ring (bicyclic) bond motifs is 1. The third kappa shape index (κ3) is 3.44. The topological polar surface area (TPSA) is 98.9 Å². The van der Waals surface area contributed by atoms with Crippen molar-refractivity contribution in [2.45, 2.75) is 0 Å². The Hall–Kier alpha value is -3.68. The van der Waals surface area contributed by atoms with Gasteiger partial charge in [0.25, 0.3) is 5.91 Å². The Kier molecular flexibility index (Phi) is 5.39. The van der Waals surface area contributed by atoms with E-state index in [-0.39, 0.29) is 5.69 Å². The second-order valence-electron chi connectivity index (χ2n) is 5.80. The molecule has 3 rings (SSSR count). The summed E-state index contributed by atoms with van der Waals surface area (Å²) in [6.45, 7) is 0. The molecule has 2 N–H and O–H groups in total. The predicted molar refractivity (Wildman–Crippen MR) is 104 cm³/mol. The molecular formula is C20H20N2O6.